The molecule has 0 aromatic heterocycles. The Kier molecular flexibility index (Phi) is 26.0. The number of ether oxygens (including phenoxy) is 1. The molecule has 0 amide bonds. The number of carbonyl (C=O) groups excluding carboxylic acids is 2. The Bertz CT molecular complexity index is 480. The third kappa shape index (κ3) is 26.9. The smallest absolute Gasteiger partial charge is 1.00 e. The maximum atomic E-state index is 11.4. The van der Waals surface area contributed by atoms with Gasteiger partial charge in [0.05, 0.1) is 19.4 Å². The van der Waals surface area contributed by atoms with Crippen LogP contribution in [0.3, 0.4) is 0 Å². The minimum Gasteiger partial charge on any atom is -1.00 e. The second kappa shape index (κ2) is 21.6. The molecule has 0 heterocycles. The van der Waals surface area contributed by atoms with E-state index in [9.17, 15) is 18.0 Å². The van der Waals surface area contributed by atoms with Crippen molar-refractivity contribution in [3.63, 3.8) is 0 Å². The van der Waals surface area contributed by atoms with Crippen molar-refractivity contribution >= 4 is 22.3 Å². The second-order valence-electron chi connectivity index (χ2n) is 6.14. The Morgan fingerprint density at radius 3 is 1.63 bits per heavy atom. The van der Waals surface area contributed by atoms with Crippen LogP contribution in [0.2, 0.25) is 0 Å². The van der Waals surface area contributed by atoms with E-state index in [0.29, 0.717) is 6.61 Å². The SMILES string of the molecule is CCCCCCCCCCCCCOC(=O)CCC(=O)OS(=O)(=O)O.[H-].[H-].[Na+].[Na+]. The third-order valence-corrected chi connectivity index (χ3v) is 4.14. The van der Waals surface area contributed by atoms with Gasteiger partial charge < -0.3 is 11.8 Å². The van der Waals surface area contributed by atoms with E-state index in [1.807, 2.05) is 0 Å². The number of hydrogen-bond donors (Lipinski definition) is 1. The Labute approximate surface area is 211 Å². The van der Waals surface area contributed by atoms with Gasteiger partial charge in [0, 0.05) is 0 Å². The molecular weight excluding hydrogens is 394 g/mol. The summed E-state index contributed by atoms with van der Waals surface area (Å²) in [6, 6.07) is 0. The van der Waals surface area contributed by atoms with Crippen LogP contribution in [0.4, 0.5) is 0 Å². The Morgan fingerprint density at radius 1 is 0.778 bits per heavy atom. The van der Waals surface area contributed by atoms with Crippen molar-refractivity contribution < 1.29 is 93.4 Å². The molecule has 1 N–H and O–H groups in total. The first-order valence-electron chi connectivity index (χ1n) is 9.20. The fourth-order valence-corrected chi connectivity index (χ4v) is 2.71. The van der Waals surface area contributed by atoms with Crippen molar-refractivity contribution in [3.8, 4) is 0 Å². The molecule has 0 aromatic rings. The first-order valence-corrected chi connectivity index (χ1v) is 10.6. The van der Waals surface area contributed by atoms with E-state index in [0.717, 1.165) is 19.3 Å². The van der Waals surface area contributed by atoms with Crippen molar-refractivity contribution in [2.24, 2.45) is 0 Å². The van der Waals surface area contributed by atoms with Crippen LogP contribution in [0.5, 0.6) is 0 Å². The summed E-state index contributed by atoms with van der Waals surface area (Å²) in [7, 11) is -4.81. The van der Waals surface area contributed by atoms with Gasteiger partial charge in [0.1, 0.15) is 0 Å². The van der Waals surface area contributed by atoms with Crippen LogP contribution in [0.1, 0.15) is 93.2 Å². The van der Waals surface area contributed by atoms with Crippen molar-refractivity contribution in [3.05, 3.63) is 0 Å². The van der Waals surface area contributed by atoms with Crippen molar-refractivity contribution in [2.45, 2.75) is 90.4 Å². The van der Waals surface area contributed by atoms with Crippen LogP contribution in [0.25, 0.3) is 0 Å². The van der Waals surface area contributed by atoms with Gasteiger partial charge >= 0.3 is 81.5 Å². The summed E-state index contributed by atoms with van der Waals surface area (Å²) in [5.41, 5.74) is 0. The van der Waals surface area contributed by atoms with Gasteiger partial charge in [-0.2, -0.15) is 8.42 Å². The fraction of sp³-hybridized carbons (Fsp3) is 0.882. The van der Waals surface area contributed by atoms with Crippen LogP contribution in [-0.4, -0.2) is 31.5 Å². The van der Waals surface area contributed by atoms with Gasteiger partial charge in [-0.05, 0) is 6.42 Å². The minimum atomic E-state index is -4.81. The summed E-state index contributed by atoms with van der Waals surface area (Å²) >= 11 is 0. The Hall–Kier alpha value is 0.850. The molecule has 27 heavy (non-hydrogen) atoms. The molecule has 0 fully saturated rings. The number of carbonyl (C=O) groups is 2. The molecule has 0 unspecified atom stereocenters. The molecule has 0 spiro atoms. The van der Waals surface area contributed by atoms with Crippen molar-refractivity contribution in [2.75, 3.05) is 6.61 Å². The van der Waals surface area contributed by atoms with Gasteiger partial charge in [-0.3, -0.25) is 14.1 Å². The monoisotopic (exact) mass is 428 g/mol. The molecule has 0 radical (unpaired) electrons. The van der Waals surface area contributed by atoms with Crippen molar-refractivity contribution in [1.29, 1.82) is 0 Å². The molecule has 0 atom stereocenters. The normalized spacial score (nSPS) is 10.4. The molecule has 7 nitrogen and oxygen atoms in total. The van der Waals surface area contributed by atoms with E-state index in [1.165, 1.54) is 51.4 Å². The van der Waals surface area contributed by atoms with Crippen LogP contribution < -0.4 is 59.1 Å². The quantitative estimate of drug-likeness (QED) is 0.134. The molecule has 0 aliphatic heterocycles. The number of unbranched alkanes of at least 4 members (excludes halogenated alkanes) is 10. The molecule has 0 aliphatic rings. The molecule has 0 aromatic carbocycles. The standard InChI is InChI=1S/C17H32O7S.2Na.2H/c1-2-3-4-5-6-7-8-9-10-11-12-15-23-16(18)13-14-17(19)24-25(20,21)22;;;;/h2-15H2,1H3,(H,20,21,22);;;;/q;2*+1;2*-1. The molecule has 0 saturated heterocycles. The summed E-state index contributed by atoms with van der Waals surface area (Å²) in [5, 5.41) is 0. The van der Waals surface area contributed by atoms with Gasteiger partial charge in [0.2, 0.25) is 0 Å². The Balaban J connectivity index is -0.000000480. The number of esters is 1. The van der Waals surface area contributed by atoms with E-state index in [2.05, 4.69) is 11.1 Å². The van der Waals surface area contributed by atoms with Gasteiger partial charge in [-0.25, -0.2) is 0 Å². The minimum absolute atomic E-state index is 0. The summed E-state index contributed by atoms with van der Waals surface area (Å²) in [6.07, 6.45) is 12.5. The topological polar surface area (TPSA) is 107 Å². The average molecular weight is 428 g/mol. The van der Waals surface area contributed by atoms with E-state index >= 15 is 0 Å². The first kappa shape index (κ1) is 32.5. The molecule has 0 saturated carbocycles. The zero-order valence-corrected chi connectivity index (χ0v) is 22.0. The predicted octanol–water partition coefficient (Wildman–Crippen LogP) is -1.80. The zero-order chi connectivity index (χ0) is 19.0. The molecule has 10 heteroatoms. The van der Waals surface area contributed by atoms with Crippen LogP contribution in [0, 0.1) is 0 Å². The van der Waals surface area contributed by atoms with Gasteiger partial charge in [0.15, 0.2) is 0 Å². The molecule has 0 aliphatic carbocycles. The predicted molar refractivity (Wildman–Crippen MR) is 96.5 cm³/mol. The van der Waals surface area contributed by atoms with Gasteiger partial charge in [-0.1, -0.05) is 71.1 Å². The van der Waals surface area contributed by atoms with Crippen LogP contribution in [-0.2, 0) is 28.9 Å². The maximum Gasteiger partial charge on any atom is 1.00 e. The van der Waals surface area contributed by atoms with Gasteiger partial charge in [-0.15, -0.1) is 0 Å². The first-order chi connectivity index (χ1) is 11.8. The van der Waals surface area contributed by atoms with Crippen molar-refractivity contribution in [1.82, 2.24) is 0 Å². The molecule has 0 bridgehead atoms. The second-order valence-corrected chi connectivity index (χ2v) is 7.16. The van der Waals surface area contributed by atoms with E-state index in [1.54, 1.807) is 0 Å². The van der Waals surface area contributed by atoms with E-state index in [4.69, 9.17) is 9.29 Å². The number of hydrogen-bond acceptors (Lipinski definition) is 6. The maximum absolute atomic E-state index is 11.4. The third-order valence-electron chi connectivity index (χ3n) is 3.74. The van der Waals surface area contributed by atoms with Gasteiger partial charge in [0.25, 0.3) is 0 Å². The summed E-state index contributed by atoms with van der Waals surface area (Å²) in [5.74, 6) is -1.77. The summed E-state index contributed by atoms with van der Waals surface area (Å²) in [4.78, 5) is 22.3. The molecular formula is C17H34Na2O7S. The van der Waals surface area contributed by atoms with E-state index < -0.39 is 28.8 Å². The fourth-order valence-electron chi connectivity index (χ4n) is 2.39. The summed E-state index contributed by atoms with van der Waals surface area (Å²) < 4.78 is 37.5. The average Bonchev–Trinajstić information content (AvgIpc) is 2.52. The van der Waals surface area contributed by atoms with Crippen LogP contribution >= 0.6 is 0 Å². The molecule has 0 rings (SSSR count). The zero-order valence-electron chi connectivity index (χ0n) is 19.2. The summed E-state index contributed by atoms with van der Waals surface area (Å²) in [6.45, 7) is 2.51. The van der Waals surface area contributed by atoms with Crippen LogP contribution in [0.15, 0.2) is 0 Å². The largest absolute Gasteiger partial charge is 1.00 e. The van der Waals surface area contributed by atoms with E-state index in [-0.39, 0.29) is 68.4 Å². The number of rotatable bonds is 16. The molecule has 152 valence electrons. The Morgan fingerprint density at radius 2 is 1.19 bits per heavy atom.